The van der Waals surface area contributed by atoms with E-state index in [9.17, 15) is 0 Å². The summed E-state index contributed by atoms with van der Waals surface area (Å²) in [6.45, 7) is 1.56. The van der Waals surface area contributed by atoms with Crippen LogP contribution >= 0.6 is 24.0 Å². The van der Waals surface area contributed by atoms with E-state index < -0.39 is 0 Å². The third-order valence-corrected chi connectivity index (χ3v) is 3.40. The first-order valence-electron chi connectivity index (χ1n) is 4.98. The van der Waals surface area contributed by atoms with Crippen molar-refractivity contribution in [2.75, 3.05) is 13.7 Å². The Balaban J connectivity index is 2.19. The van der Waals surface area contributed by atoms with Gasteiger partial charge >= 0.3 is 0 Å². The summed E-state index contributed by atoms with van der Waals surface area (Å²) in [4.78, 5) is 1.12. The number of hydrogen-bond donors (Lipinski definition) is 1. The Morgan fingerprint density at radius 1 is 1.50 bits per heavy atom. The summed E-state index contributed by atoms with van der Waals surface area (Å²) in [5, 5.41) is 10.8. The molecule has 0 fully saturated rings. The molecule has 0 aromatic carbocycles. The molecule has 0 unspecified atom stereocenters. The number of thiol groups is 1. The van der Waals surface area contributed by atoms with Gasteiger partial charge in [-0.2, -0.15) is 0 Å². The minimum atomic E-state index is 0.652. The van der Waals surface area contributed by atoms with Gasteiger partial charge in [-0.3, -0.25) is 0 Å². The zero-order valence-corrected chi connectivity index (χ0v) is 10.7. The summed E-state index contributed by atoms with van der Waals surface area (Å²) < 4.78 is 7.04. The average Bonchev–Trinajstić information content (AvgIpc) is 2.89. The Hall–Kier alpha value is -0.850. The van der Waals surface area contributed by atoms with Crippen LogP contribution in [0.4, 0.5) is 0 Å². The zero-order chi connectivity index (χ0) is 11.4. The van der Waals surface area contributed by atoms with Gasteiger partial charge in [-0.25, -0.2) is 0 Å². The molecule has 0 aliphatic carbocycles. The zero-order valence-electron chi connectivity index (χ0n) is 8.96. The predicted octanol–water partition coefficient (Wildman–Crippen LogP) is 2.33. The van der Waals surface area contributed by atoms with Gasteiger partial charge in [-0.15, -0.1) is 34.2 Å². The van der Waals surface area contributed by atoms with Crippen LogP contribution in [0.3, 0.4) is 0 Å². The molecule has 0 spiro atoms. The second-order valence-electron chi connectivity index (χ2n) is 3.30. The van der Waals surface area contributed by atoms with Crippen molar-refractivity contribution in [3.05, 3.63) is 17.5 Å². The summed E-state index contributed by atoms with van der Waals surface area (Å²) in [5.74, 6) is 0.885. The normalized spacial score (nSPS) is 10.9. The minimum Gasteiger partial charge on any atom is -0.385 e. The van der Waals surface area contributed by atoms with Crippen LogP contribution in [0.15, 0.2) is 22.7 Å². The number of hydrogen-bond acceptors (Lipinski definition) is 5. The van der Waals surface area contributed by atoms with Crippen LogP contribution < -0.4 is 0 Å². The van der Waals surface area contributed by atoms with Crippen LogP contribution in [0.25, 0.3) is 10.7 Å². The van der Waals surface area contributed by atoms with Crippen LogP contribution in [-0.2, 0) is 11.3 Å². The maximum atomic E-state index is 5.03. The van der Waals surface area contributed by atoms with Crippen molar-refractivity contribution in [1.82, 2.24) is 14.8 Å². The fraction of sp³-hybridized carbons (Fsp3) is 0.400. The van der Waals surface area contributed by atoms with Crippen molar-refractivity contribution >= 4 is 24.0 Å². The number of ether oxygens (including phenoxy) is 1. The topological polar surface area (TPSA) is 39.9 Å². The van der Waals surface area contributed by atoms with Gasteiger partial charge in [0.15, 0.2) is 11.0 Å². The Morgan fingerprint density at radius 2 is 2.38 bits per heavy atom. The van der Waals surface area contributed by atoms with E-state index in [2.05, 4.69) is 22.8 Å². The lowest BCUT2D eigenvalue weighted by atomic mass is 10.4. The highest BCUT2D eigenvalue weighted by Crippen LogP contribution is 2.24. The maximum Gasteiger partial charge on any atom is 0.188 e. The molecule has 0 amide bonds. The molecular weight excluding hydrogens is 242 g/mol. The van der Waals surface area contributed by atoms with Crippen LogP contribution in [0.2, 0.25) is 0 Å². The highest BCUT2D eigenvalue weighted by Gasteiger charge is 2.11. The third kappa shape index (κ3) is 2.45. The summed E-state index contributed by atoms with van der Waals surface area (Å²) >= 11 is 5.96. The molecule has 2 rings (SSSR count). The van der Waals surface area contributed by atoms with Crippen LogP contribution in [0.1, 0.15) is 6.42 Å². The molecule has 16 heavy (non-hydrogen) atoms. The van der Waals surface area contributed by atoms with Crippen molar-refractivity contribution < 1.29 is 4.74 Å². The largest absolute Gasteiger partial charge is 0.385 e. The summed E-state index contributed by atoms with van der Waals surface area (Å²) in [6.07, 6.45) is 0.931. The molecule has 86 valence electrons. The second kappa shape index (κ2) is 5.47. The Labute approximate surface area is 104 Å². The monoisotopic (exact) mass is 255 g/mol. The lowest BCUT2D eigenvalue weighted by molar-refractivity contribution is 0.189. The summed E-state index contributed by atoms with van der Waals surface area (Å²) in [5.41, 5.74) is 0. The highest BCUT2D eigenvalue weighted by molar-refractivity contribution is 7.80. The van der Waals surface area contributed by atoms with Gasteiger partial charge in [-0.05, 0) is 17.9 Å². The molecule has 2 aromatic heterocycles. The molecule has 2 heterocycles. The first-order valence-corrected chi connectivity index (χ1v) is 6.30. The van der Waals surface area contributed by atoms with E-state index in [4.69, 9.17) is 4.74 Å². The van der Waals surface area contributed by atoms with E-state index >= 15 is 0 Å². The van der Waals surface area contributed by atoms with Gasteiger partial charge in [0.25, 0.3) is 0 Å². The molecule has 2 aromatic rings. The van der Waals surface area contributed by atoms with E-state index in [1.54, 1.807) is 18.4 Å². The lowest BCUT2D eigenvalue weighted by Crippen LogP contribution is -2.03. The molecule has 0 aliphatic heterocycles. The van der Waals surface area contributed by atoms with E-state index in [0.717, 1.165) is 30.3 Å². The van der Waals surface area contributed by atoms with Crippen molar-refractivity contribution in [2.45, 2.75) is 18.1 Å². The molecule has 0 saturated carbocycles. The Morgan fingerprint density at radius 3 is 3.06 bits per heavy atom. The number of nitrogens with zero attached hydrogens (tertiary/aromatic N) is 3. The van der Waals surface area contributed by atoms with Gasteiger partial charge in [0, 0.05) is 20.3 Å². The average molecular weight is 255 g/mol. The number of aromatic nitrogens is 3. The maximum absolute atomic E-state index is 5.03. The van der Waals surface area contributed by atoms with Gasteiger partial charge in [0.05, 0.1) is 4.88 Å². The smallest absolute Gasteiger partial charge is 0.188 e. The van der Waals surface area contributed by atoms with Gasteiger partial charge < -0.3 is 9.30 Å². The quantitative estimate of drug-likeness (QED) is 0.658. The minimum absolute atomic E-state index is 0.652. The fourth-order valence-electron chi connectivity index (χ4n) is 1.46. The van der Waals surface area contributed by atoms with Crippen molar-refractivity contribution in [3.8, 4) is 10.7 Å². The Kier molecular flexibility index (Phi) is 3.98. The van der Waals surface area contributed by atoms with E-state index in [0.29, 0.717) is 5.16 Å². The van der Waals surface area contributed by atoms with Crippen molar-refractivity contribution in [2.24, 2.45) is 0 Å². The molecule has 0 bridgehead atoms. The number of methoxy groups -OCH3 is 1. The molecule has 0 atom stereocenters. The molecular formula is C10H13N3OS2. The number of thiophene rings is 1. The molecule has 0 N–H and O–H groups in total. The van der Waals surface area contributed by atoms with Gasteiger partial charge in [0.1, 0.15) is 0 Å². The SMILES string of the molecule is COCCCn1c(S)nnc1-c1cccs1. The van der Waals surface area contributed by atoms with E-state index in [1.165, 1.54) is 0 Å². The number of rotatable bonds is 5. The van der Waals surface area contributed by atoms with Crippen molar-refractivity contribution in [3.63, 3.8) is 0 Å². The second-order valence-corrected chi connectivity index (χ2v) is 4.65. The molecule has 0 saturated heterocycles. The van der Waals surface area contributed by atoms with E-state index in [-0.39, 0.29) is 0 Å². The predicted molar refractivity (Wildman–Crippen MR) is 67.1 cm³/mol. The van der Waals surface area contributed by atoms with Crippen molar-refractivity contribution in [1.29, 1.82) is 0 Å². The molecule has 6 heteroatoms. The first kappa shape index (κ1) is 11.6. The standard InChI is InChI=1S/C10H13N3OS2/c1-14-6-3-5-13-9(11-12-10(13)15)8-4-2-7-16-8/h2,4,7H,3,5-6H2,1H3,(H,12,15). The summed E-state index contributed by atoms with van der Waals surface area (Å²) in [6, 6.07) is 4.04. The molecule has 0 aliphatic rings. The highest BCUT2D eigenvalue weighted by atomic mass is 32.1. The van der Waals surface area contributed by atoms with Gasteiger partial charge in [0.2, 0.25) is 0 Å². The Bertz CT molecular complexity index is 439. The van der Waals surface area contributed by atoms with Gasteiger partial charge in [-0.1, -0.05) is 6.07 Å². The molecule has 4 nitrogen and oxygen atoms in total. The third-order valence-electron chi connectivity index (χ3n) is 2.20. The first-order chi connectivity index (χ1) is 7.83. The fourth-order valence-corrected chi connectivity index (χ4v) is 2.41. The molecule has 0 radical (unpaired) electrons. The van der Waals surface area contributed by atoms with Crippen LogP contribution in [-0.4, -0.2) is 28.5 Å². The van der Waals surface area contributed by atoms with Crippen LogP contribution in [0, 0.1) is 0 Å². The van der Waals surface area contributed by atoms with E-state index in [1.807, 2.05) is 22.1 Å². The van der Waals surface area contributed by atoms with Crippen LogP contribution in [0.5, 0.6) is 0 Å². The summed E-state index contributed by atoms with van der Waals surface area (Å²) in [7, 11) is 1.70. The lowest BCUT2D eigenvalue weighted by Gasteiger charge is -2.06.